The van der Waals surface area contributed by atoms with Gasteiger partial charge in [0, 0.05) is 16.2 Å². The van der Waals surface area contributed by atoms with Crippen LogP contribution in [0, 0.1) is 5.92 Å². The van der Waals surface area contributed by atoms with E-state index in [0.29, 0.717) is 6.04 Å². The van der Waals surface area contributed by atoms with Crippen LogP contribution in [-0.4, -0.2) is 6.04 Å². The van der Waals surface area contributed by atoms with Crippen LogP contribution in [0.25, 0.3) is 0 Å². The highest BCUT2D eigenvalue weighted by molar-refractivity contribution is 9.10. The third kappa shape index (κ3) is 2.43. The monoisotopic (exact) mass is 273 g/mol. The van der Waals surface area contributed by atoms with Gasteiger partial charge in [-0.1, -0.05) is 11.6 Å². The van der Waals surface area contributed by atoms with Crippen molar-refractivity contribution < 1.29 is 0 Å². The predicted octanol–water partition coefficient (Wildman–Crippen LogP) is 4.31. The lowest BCUT2D eigenvalue weighted by Gasteiger charge is -2.14. The summed E-state index contributed by atoms with van der Waals surface area (Å²) in [6, 6.07) is 6.53. The molecule has 2 rings (SSSR count). The molecule has 0 aliphatic heterocycles. The molecule has 1 aliphatic rings. The summed E-state index contributed by atoms with van der Waals surface area (Å²) in [4.78, 5) is 0. The zero-order valence-corrected chi connectivity index (χ0v) is 10.4. The number of hydrogen-bond acceptors (Lipinski definition) is 1. The van der Waals surface area contributed by atoms with Crippen molar-refractivity contribution in [3.63, 3.8) is 0 Å². The van der Waals surface area contributed by atoms with Crippen LogP contribution in [0.3, 0.4) is 0 Å². The highest BCUT2D eigenvalue weighted by Gasteiger charge is 2.27. The van der Waals surface area contributed by atoms with Crippen LogP contribution in [0.15, 0.2) is 22.7 Å². The second-order valence-electron chi connectivity index (χ2n) is 3.90. The van der Waals surface area contributed by atoms with Gasteiger partial charge in [-0.3, -0.25) is 0 Å². The van der Waals surface area contributed by atoms with E-state index in [9.17, 15) is 0 Å². The van der Waals surface area contributed by atoms with Gasteiger partial charge in [-0.25, -0.2) is 0 Å². The molecule has 1 aliphatic carbocycles. The van der Waals surface area contributed by atoms with E-state index in [0.717, 1.165) is 21.1 Å². The number of hydrogen-bond donors (Lipinski definition) is 1. The van der Waals surface area contributed by atoms with Crippen molar-refractivity contribution in [2.75, 3.05) is 5.32 Å². The van der Waals surface area contributed by atoms with E-state index < -0.39 is 0 Å². The lowest BCUT2D eigenvalue weighted by Crippen LogP contribution is -2.16. The summed E-state index contributed by atoms with van der Waals surface area (Å²) in [5.41, 5.74) is 1.14. The van der Waals surface area contributed by atoms with E-state index in [4.69, 9.17) is 11.6 Å². The van der Waals surface area contributed by atoms with Crippen molar-refractivity contribution in [2.24, 2.45) is 5.92 Å². The molecule has 1 nitrogen and oxygen atoms in total. The summed E-state index contributed by atoms with van der Waals surface area (Å²) >= 11 is 9.33. The number of halogens is 2. The highest BCUT2D eigenvalue weighted by Crippen LogP contribution is 2.34. The fraction of sp³-hybridized carbons (Fsp3) is 0.455. The quantitative estimate of drug-likeness (QED) is 0.866. The molecule has 0 amide bonds. The topological polar surface area (TPSA) is 12.0 Å². The van der Waals surface area contributed by atoms with Crippen LogP contribution in [0.4, 0.5) is 5.69 Å². The average Bonchev–Trinajstić information content (AvgIpc) is 2.94. The molecule has 76 valence electrons. The Morgan fingerprint density at radius 3 is 2.79 bits per heavy atom. The smallest absolute Gasteiger partial charge is 0.0549 e. The highest BCUT2D eigenvalue weighted by atomic mass is 79.9. The normalized spacial score (nSPS) is 17.9. The van der Waals surface area contributed by atoms with Gasteiger partial charge in [-0.05, 0) is 59.8 Å². The second kappa shape index (κ2) is 4.11. The molecular weight excluding hydrogens is 261 g/mol. The number of nitrogens with one attached hydrogen (secondary N) is 1. The van der Waals surface area contributed by atoms with Crippen LogP contribution in [-0.2, 0) is 0 Å². The zero-order valence-electron chi connectivity index (χ0n) is 8.06. The molecule has 1 N–H and O–H groups in total. The Morgan fingerprint density at radius 2 is 2.21 bits per heavy atom. The first-order valence-electron chi connectivity index (χ1n) is 4.88. The molecule has 1 aromatic rings. The summed E-state index contributed by atoms with van der Waals surface area (Å²) in [6.45, 7) is 2.24. The van der Waals surface area contributed by atoms with Gasteiger partial charge in [0.2, 0.25) is 0 Å². The van der Waals surface area contributed by atoms with Crippen molar-refractivity contribution in [1.82, 2.24) is 0 Å². The molecule has 1 saturated carbocycles. The maximum absolute atomic E-state index is 5.92. The minimum atomic E-state index is 0.572. The minimum absolute atomic E-state index is 0.572. The van der Waals surface area contributed by atoms with Gasteiger partial charge in [0.25, 0.3) is 0 Å². The van der Waals surface area contributed by atoms with Crippen LogP contribution >= 0.6 is 27.5 Å². The second-order valence-corrected chi connectivity index (χ2v) is 5.16. The summed E-state index contributed by atoms with van der Waals surface area (Å²) in [6.07, 6.45) is 2.73. The predicted molar refractivity (Wildman–Crippen MR) is 65.0 cm³/mol. The standard InChI is InChI=1S/C11H13BrClN/c1-7(8-2-3-8)14-9-4-5-11(13)10(12)6-9/h4-8,14H,2-3H2,1H3. The van der Waals surface area contributed by atoms with E-state index in [-0.39, 0.29) is 0 Å². The fourth-order valence-electron chi connectivity index (χ4n) is 1.56. The lowest BCUT2D eigenvalue weighted by molar-refractivity contribution is 0.694. The molecule has 0 bridgehead atoms. The van der Waals surface area contributed by atoms with Crippen molar-refractivity contribution in [3.8, 4) is 0 Å². The minimum Gasteiger partial charge on any atom is -0.382 e. The molecule has 14 heavy (non-hydrogen) atoms. The van der Waals surface area contributed by atoms with E-state index >= 15 is 0 Å². The Bertz CT molecular complexity index is 336. The fourth-order valence-corrected chi connectivity index (χ4v) is 2.06. The van der Waals surface area contributed by atoms with Crippen molar-refractivity contribution in [1.29, 1.82) is 0 Å². The van der Waals surface area contributed by atoms with Gasteiger partial charge in [0.1, 0.15) is 0 Å². The van der Waals surface area contributed by atoms with Crippen molar-refractivity contribution in [2.45, 2.75) is 25.8 Å². The number of anilines is 1. The number of benzene rings is 1. The van der Waals surface area contributed by atoms with E-state index in [1.165, 1.54) is 12.8 Å². The summed E-state index contributed by atoms with van der Waals surface area (Å²) in [5, 5.41) is 4.24. The molecule has 1 atom stereocenters. The average molecular weight is 275 g/mol. The Labute approximate surface area is 98.0 Å². The Kier molecular flexibility index (Phi) is 3.03. The molecule has 0 heterocycles. The van der Waals surface area contributed by atoms with Gasteiger partial charge < -0.3 is 5.32 Å². The van der Waals surface area contributed by atoms with Gasteiger partial charge in [-0.2, -0.15) is 0 Å². The maximum atomic E-state index is 5.92. The van der Waals surface area contributed by atoms with Gasteiger partial charge >= 0.3 is 0 Å². The summed E-state index contributed by atoms with van der Waals surface area (Å²) in [7, 11) is 0. The Morgan fingerprint density at radius 1 is 1.50 bits per heavy atom. The third-order valence-corrected chi connectivity index (χ3v) is 3.86. The maximum Gasteiger partial charge on any atom is 0.0549 e. The molecule has 1 aromatic carbocycles. The molecule has 0 spiro atoms. The molecule has 1 fully saturated rings. The summed E-state index contributed by atoms with van der Waals surface area (Å²) < 4.78 is 0.951. The first kappa shape index (κ1) is 10.3. The first-order valence-corrected chi connectivity index (χ1v) is 6.05. The van der Waals surface area contributed by atoms with Crippen LogP contribution in [0.5, 0.6) is 0 Å². The van der Waals surface area contributed by atoms with E-state index in [2.05, 4.69) is 28.2 Å². The molecule has 1 unspecified atom stereocenters. The SMILES string of the molecule is CC(Nc1ccc(Cl)c(Br)c1)C1CC1. The molecule has 0 saturated heterocycles. The zero-order chi connectivity index (χ0) is 10.1. The Balaban J connectivity index is 2.04. The molecule has 0 aromatic heterocycles. The third-order valence-electron chi connectivity index (χ3n) is 2.64. The molecule has 0 radical (unpaired) electrons. The van der Waals surface area contributed by atoms with Gasteiger partial charge in [-0.15, -0.1) is 0 Å². The van der Waals surface area contributed by atoms with Crippen LogP contribution in [0.1, 0.15) is 19.8 Å². The van der Waals surface area contributed by atoms with E-state index in [1.54, 1.807) is 0 Å². The largest absolute Gasteiger partial charge is 0.382 e. The van der Waals surface area contributed by atoms with Crippen molar-refractivity contribution in [3.05, 3.63) is 27.7 Å². The number of rotatable bonds is 3. The lowest BCUT2D eigenvalue weighted by atomic mass is 10.2. The summed E-state index contributed by atoms with van der Waals surface area (Å²) in [5.74, 6) is 0.865. The molecular formula is C11H13BrClN. The molecule has 3 heteroatoms. The van der Waals surface area contributed by atoms with Crippen LogP contribution < -0.4 is 5.32 Å². The first-order chi connectivity index (χ1) is 6.66. The van der Waals surface area contributed by atoms with Crippen molar-refractivity contribution >= 4 is 33.2 Å². The Hall–Kier alpha value is -0.210. The van der Waals surface area contributed by atoms with Gasteiger partial charge in [0.05, 0.1) is 5.02 Å². The van der Waals surface area contributed by atoms with E-state index in [1.807, 2.05) is 18.2 Å². The van der Waals surface area contributed by atoms with Gasteiger partial charge in [0.15, 0.2) is 0 Å². The van der Waals surface area contributed by atoms with Crippen LogP contribution in [0.2, 0.25) is 5.02 Å².